The molecule has 0 heterocycles. The molecule has 11 heavy (non-hydrogen) atoms. The van der Waals surface area contributed by atoms with Gasteiger partial charge in [-0.2, -0.15) is 0 Å². The lowest BCUT2D eigenvalue weighted by molar-refractivity contribution is -0.150. The lowest BCUT2D eigenvalue weighted by atomic mass is 10.1. The minimum atomic E-state index is -0.325. The van der Waals surface area contributed by atoms with Crippen LogP contribution >= 0.6 is 0 Å². The van der Waals surface area contributed by atoms with Gasteiger partial charge in [-0.15, -0.1) is 0 Å². The van der Waals surface area contributed by atoms with Crippen molar-refractivity contribution in [2.75, 3.05) is 6.61 Å². The van der Waals surface area contributed by atoms with E-state index >= 15 is 0 Å². The van der Waals surface area contributed by atoms with E-state index in [1.54, 1.807) is 0 Å². The normalized spacial score (nSPS) is 13.2. The first-order chi connectivity index (χ1) is 5.07. The molecule has 0 aliphatic heterocycles. The van der Waals surface area contributed by atoms with Gasteiger partial charge in [0.2, 0.25) is 0 Å². The summed E-state index contributed by atoms with van der Waals surface area (Å²) in [6.07, 6.45) is 0.0332. The molecule has 1 unspecified atom stereocenters. The van der Waals surface area contributed by atoms with Crippen molar-refractivity contribution in [3.05, 3.63) is 0 Å². The number of hydrogen-bond acceptors (Lipinski definition) is 3. The number of carbonyl (C=O) groups excluding carboxylic acids is 1. The average Bonchev–Trinajstić information content (AvgIpc) is 1.87. The Morgan fingerprint density at radius 3 is 2.36 bits per heavy atom. The Labute approximate surface area is 67.4 Å². The molecule has 3 nitrogen and oxygen atoms in total. The first-order valence-corrected chi connectivity index (χ1v) is 3.88. The van der Waals surface area contributed by atoms with E-state index in [2.05, 4.69) is 0 Å². The molecule has 0 aliphatic carbocycles. The van der Waals surface area contributed by atoms with Gasteiger partial charge in [-0.3, -0.25) is 4.79 Å². The van der Waals surface area contributed by atoms with Crippen LogP contribution in [0.1, 0.15) is 27.2 Å². The zero-order valence-electron chi connectivity index (χ0n) is 7.33. The van der Waals surface area contributed by atoms with Gasteiger partial charge >= 0.3 is 5.97 Å². The molecule has 66 valence electrons. The van der Waals surface area contributed by atoms with Crippen LogP contribution in [0, 0.1) is 5.92 Å². The second-order valence-corrected chi connectivity index (χ2v) is 2.91. The fourth-order valence-corrected chi connectivity index (χ4v) is 0.494. The number of aliphatic hydroxyl groups excluding tert-OH is 1. The minimum absolute atomic E-state index is 0.0611. The summed E-state index contributed by atoms with van der Waals surface area (Å²) < 4.78 is 4.95. The summed E-state index contributed by atoms with van der Waals surface area (Å²) in [7, 11) is 0. The van der Waals surface area contributed by atoms with Gasteiger partial charge in [0, 0.05) is 0 Å². The molecule has 0 bridgehead atoms. The molecule has 0 aromatic rings. The maximum Gasteiger partial charge on any atom is 0.308 e. The second-order valence-electron chi connectivity index (χ2n) is 2.91. The van der Waals surface area contributed by atoms with Crippen LogP contribution in [0.2, 0.25) is 0 Å². The summed E-state index contributed by atoms with van der Waals surface area (Å²) in [4.78, 5) is 10.8. The molecular weight excluding hydrogens is 144 g/mol. The van der Waals surface area contributed by atoms with Gasteiger partial charge in [0.25, 0.3) is 0 Å². The van der Waals surface area contributed by atoms with E-state index in [1.165, 1.54) is 0 Å². The molecule has 0 amide bonds. The molecule has 0 saturated carbocycles. The van der Waals surface area contributed by atoms with Crippen LogP contribution in [0.5, 0.6) is 0 Å². The largest absolute Gasteiger partial charge is 0.462 e. The highest BCUT2D eigenvalue weighted by Crippen LogP contribution is 2.05. The van der Waals surface area contributed by atoms with Crippen LogP contribution in [-0.2, 0) is 9.53 Å². The molecule has 1 N–H and O–H groups in total. The predicted molar refractivity (Wildman–Crippen MR) is 42.1 cm³/mol. The molecule has 0 fully saturated rings. The van der Waals surface area contributed by atoms with Crippen molar-refractivity contribution in [2.45, 2.75) is 33.3 Å². The van der Waals surface area contributed by atoms with Crippen molar-refractivity contribution in [1.82, 2.24) is 0 Å². The molecular formula is C8H16O3. The van der Waals surface area contributed by atoms with Gasteiger partial charge in [-0.1, -0.05) is 13.8 Å². The number of esters is 1. The molecule has 0 rings (SSSR count). The van der Waals surface area contributed by atoms with Gasteiger partial charge in [0.05, 0.1) is 13.0 Å². The fraction of sp³-hybridized carbons (Fsp3) is 0.875. The quantitative estimate of drug-likeness (QED) is 0.623. The Hall–Kier alpha value is -0.570. The predicted octanol–water partition coefficient (Wildman–Crippen LogP) is 0.956. The molecule has 0 aromatic heterocycles. The highest BCUT2D eigenvalue weighted by molar-refractivity contribution is 5.69. The molecule has 0 spiro atoms. The van der Waals surface area contributed by atoms with Gasteiger partial charge in [0.15, 0.2) is 0 Å². The monoisotopic (exact) mass is 160 g/mol. The Bertz CT molecular complexity index is 121. The van der Waals surface area contributed by atoms with Gasteiger partial charge in [0.1, 0.15) is 6.10 Å². The van der Waals surface area contributed by atoms with Gasteiger partial charge < -0.3 is 9.84 Å². The molecule has 0 aliphatic rings. The number of carbonyl (C=O) groups is 1. The summed E-state index contributed by atoms with van der Waals surface area (Å²) in [5.41, 5.74) is 0. The molecule has 1 atom stereocenters. The van der Waals surface area contributed by atoms with E-state index in [-0.39, 0.29) is 25.1 Å². The van der Waals surface area contributed by atoms with Crippen LogP contribution in [0.15, 0.2) is 0 Å². The summed E-state index contributed by atoms with van der Waals surface area (Å²) in [5, 5.41) is 8.39. The second kappa shape index (κ2) is 5.13. The zero-order valence-corrected chi connectivity index (χ0v) is 7.33. The van der Waals surface area contributed by atoms with E-state index in [0.29, 0.717) is 5.92 Å². The topological polar surface area (TPSA) is 46.5 Å². The third kappa shape index (κ3) is 4.79. The first kappa shape index (κ1) is 10.4. The molecule has 0 saturated heterocycles. The number of rotatable bonds is 4. The van der Waals surface area contributed by atoms with Crippen LogP contribution in [0.25, 0.3) is 0 Å². The lowest BCUT2D eigenvalue weighted by Crippen LogP contribution is -2.20. The van der Waals surface area contributed by atoms with Crippen LogP contribution in [0.4, 0.5) is 0 Å². The smallest absolute Gasteiger partial charge is 0.308 e. The van der Waals surface area contributed by atoms with Crippen LogP contribution in [-0.4, -0.2) is 23.8 Å². The van der Waals surface area contributed by atoms with E-state index in [9.17, 15) is 4.79 Å². The van der Waals surface area contributed by atoms with E-state index < -0.39 is 0 Å². The summed E-state index contributed by atoms with van der Waals surface area (Å²) in [6.45, 7) is 5.68. The third-order valence-electron chi connectivity index (χ3n) is 1.57. The van der Waals surface area contributed by atoms with Crippen molar-refractivity contribution in [1.29, 1.82) is 0 Å². The Morgan fingerprint density at radius 1 is 1.45 bits per heavy atom. The summed E-state index contributed by atoms with van der Waals surface area (Å²) >= 11 is 0. The highest BCUT2D eigenvalue weighted by atomic mass is 16.5. The maximum atomic E-state index is 10.8. The van der Waals surface area contributed by atoms with Gasteiger partial charge in [-0.05, 0) is 12.8 Å². The standard InChI is InChI=1S/C8H16O3/c1-6(2)7(3)11-8(10)4-5-9/h6-7,9H,4-5H2,1-3H3. The van der Waals surface area contributed by atoms with Crippen molar-refractivity contribution in [2.24, 2.45) is 5.92 Å². The third-order valence-corrected chi connectivity index (χ3v) is 1.57. The van der Waals surface area contributed by atoms with Gasteiger partial charge in [-0.25, -0.2) is 0 Å². The Kier molecular flexibility index (Phi) is 4.86. The van der Waals surface area contributed by atoms with Crippen molar-refractivity contribution in [3.63, 3.8) is 0 Å². The van der Waals surface area contributed by atoms with Crippen molar-refractivity contribution in [3.8, 4) is 0 Å². The van der Waals surface area contributed by atoms with Crippen LogP contribution < -0.4 is 0 Å². The maximum absolute atomic E-state index is 10.8. The number of aliphatic hydroxyl groups is 1. The van der Waals surface area contributed by atoms with E-state index in [4.69, 9.17) is 9.84 Å². The van der Waals surface area contributed by atoms with E-state index in [0.717, 1.165) is 0 Å². The zero-order chi connectivity index (χ0) is 8.85. The lowest BCUT2D eigenvalue weighted by Gasteiger charge is -2.15. The summed E-state index contributed by atoms with van der Waals surface area (Å²) in [6, 6.07) is 0. The molecule has 0 aromatic carbocycles. The van der Waals surface area contributed by atoms with Crippen LogP contribution in [0.3, 0.4) is 0 Å². The number of hydrogen-bond donors (Lipinski definition) is 1. The van der Waals surface area contributed by atoms with E-state index in [1.807, 2.05) is 20.8 Å². The first-order valence-electron chi connectivity index (χ1n) is 3.88. The molecule has 3 heteroatoms. The SMILES string of the molecule is CC(C)C(C)OC(=O)CCO. The fourth-order valence-electron chi connectivity index (χ4n) is 0.494. The highest BCUT2D eigenvalue weighted by Gasteiger charge is 2.11. The van der Waals surface area contributed by atoms with Crippen molar-refractivity contribution >= 4 is 5.97 Å². The molecule has 0 radical (unpaired) electrons. The Balaban J connectivity index is 3.57. The summed E-state index contributed by atoms with van der Waals surface area (Å²) in [5.74, 6) is 0.00587. The minimum Gasteiger partial charge on any atom is -0.462 e. The Morgan fingerprint density at radius 2 is 2.00 bits per heavy atom. The van der Waals surface area contributed by atoms with Crippen molar-refractivity contribution < 1.29 is 14.6 Å². The average molecular weight is 160 g/mol. The number of ether oxygens (including phenoxy) is 1.